The Morgan fingerprint density at radius 2 is 1.74 bits per heavy atom. The van der Waals surface area contributed by atoms with Gasteiger partial charge in [0.25, 0.3) is 5.91 Å². The molecule has 0 rings (SSSR count). The van der Waals surface area contributed by atoms with E-state index in [1.54, 1.807) is 20.8 Å². The van der Waals surface area contributed by atoms with Crippen LogP contribution in [0.15, 0.2) is 0 Å². The molecule has 0 aliphatic heterocycles. The van der Waals surface area contributed by atoms with Crippen LogP contribution in [0.1, 0.15) is 41.0 Å². The van der Waals surface area contributed by atoms with Gasteiger partial charge in [0.05, 0.1) is 7.11 Å². The predicted molar refractivity (Wildman–Crippen MR) is 72.0 cm³/mol. The van der Waals surface area contributed by atoms with E-state index in [4.69, 9.17) is 15.3 Å². The Morgan fingerprint density at radius 3 is 2.05 bits per heavy atom. The maximum Gasteiger partial charge on any atom is 0.336 e. The van der Waals surface area contributed by atoms with Crippen molar-refractivity contribution in [3.63, 3.8) is 0 Å². The van der Waals surface area contributed by atoms with Crippen LogP contribution < -0.4 is 5.73 Å². The van der Waals surface area contributed by atoms with Crippen molar-refractivity contribution in [2.75, 3.05) is 14.2 Å². The first-order valence-corrected chi connectivity index (χ1v) is 6.28. The second kappa shape index (κ2) is 6.34. The standard InChI is InChI=1S/C13H26N2O4/c1-9(2)8-13(14,10(16)15(6)18-7)11(17)19-12(3,4)5/h9H,8,14H2,1-7H3/t13-/m0/s1. The molecule has 1 amide bonds. The molecule has 0 spiro atoms. The van der Waals surface area contributed by atoms with Crippen LogP contribution in [0, 0.1) is 5.92 Å². The van der Waals surface area contributed by atoms with Crippen LogP contribution in [0.3, 0.4) is 0 Å². The molecule has 0 bridgehead atoms. The Bertz CT molecular complexity index is 336. The number of hydroxylamine groups is 2. The lowest BCUT2D eigenvalue weighted by Crippen LogP contribution is -2.61. The second-order valence-electron chi connectivity index (χ2n) is 6.06. The number of nitrogens with two attached hydrogens (primary N) is 1. The lowest BCUT2D eigenvalue weighted by Gasteiger charge is -2.33. The summed E-state index contributed by atoms with van der Waals surface area (Å²) in [6, 6.07) is 0. The van der Waals surface area contributed by atoms with E-state index in [1.807, 2.05) is 13.8 Å². The number of hydrogen-bond acceptors (Lipinski definition) is 5. The van der Waals surface area contributed by atoms with Crippen LogP contribution in [0.25, 0.3) is 0 Å². The number of hydrogen-bond donors (Lipinski definition) is 1. The maximum atomic E-state index is 12.2. The third-order valence-corrected chi connectivity index (χ3v) is 2.43. The zero-order valence-electron chi connectivity index (χ0n) is 12.9. The van der Waals surface area contributed by atoms with Gasteiger partial charge >= 0.3 is 5.97 Å². The molecule has 6 heteroatoms. The lowest BCUT2D eigenvalue weighted by atomic mass is 9.88. The molecule has 0 saturated heterocycles. The van der Waals surface area contributed by atoms with Crippen molar-refractivity contribution in [1.82, 2.24) is 5.06 Å². The third-order valence-electron chi connectivity index (χ3n) is 2.43. The van der Waals surface area contributed by atoms with E-state index in [-0.39, 0.29) is 12.3 Å². The smallest absolute Gasteiger partial charge is 0.336 e. The Labute approximate surface area is 115 Å². The van der Waals surface area contributed by atoms with Gasteiger partial charge in [0.2, 0.25) is 0 Å². The maximum absolute atomic E-state index is 12.2. The van der Waals surface area contributed by atoms with E-state index in [2.05, 4.69) is 0 Å². The fourth-order valence-corrected chi connectivity index (χ4v) is 1.63. The van der Waals surface area contributed by atoms with Crippen molar-refractivity contribution in [3.8, 4) is 0 Å². The van der Waals surface area contributed by atoms with Crippen molar-refractivity contribution >= 4 is 11.9 Å². The number of carbonyl (C=O) groups is 2. The number of amides is 1. The first kappa shape index (κ1) is 17.9. The summed E-state index contributed by atoms with van der Waals surface area (Å²) in [6.45, 7) is 8.94. The van der Waals surface area contributed by atoms with Gasteiger partial charge in [0.15, 0.2) is 5.54 Å². The van der Waals surface area contributed by atoms with Gasteiger partial charge in [-0.2, -0.15) is 0 Å². The molecule has 0 radical (unpaired) electrons. The average Bonchev–Trinajstić information content (AvgIpc) is 2.23. The van der Waals surface area contributed by atoms with Crippen LogP contribution in [-0.2, 0) is 19.2 Å². The zero-order chi connectivity index (χ0) is 15.4. The molecule has 0 heterocycles. The molecule has 0 aromatic heterocycles. The van der Waals surface area contributed by atoms with E-state index in [9.17, 15) is 9.59 Å². The topological polar surface area (TPSA) is 81.9 Å². The number of carbonyl (C=O) groups excluding carboxylic acids is 2. The monoisotopic (exact) mass is 274 g/mol. The molecule has 0 unspecified atom stereocenters. The summed E-state index contributed by atoms with van der Waals surface area (Å²) in [4.78, 5) is 29.3. The molecule has 0 aliphatic carbocycles. The molecule has 112 valence electrons. The summed E-state index contributed by atoms with van der Waals surface area (Å²) in [5, 5.41) is 0.951. The van der Waals surface area contributed by atoms with Crippen LogP contribution in [0.4, 0.5) is 0 Å². The highest BCUT2D eigenvalue weighted by Crippen LogP contribution is 2.22. The summed E-state index contributed by atoms with van der Waals surface area (Å²) in [5.74, 6) is -1.28. The van der Waals surface area contributed by atoms with Crippen molar-refractivity contribution in [2.45, 2.75) is 52.2 Å². The van der Waals surface area contributed by atoms with Gasteiger partial charge in [-0.1, -0.05) is 13.8 Å². The first-order chi connectivity index (χ1) is 8.44. The highest BCUT2D eigenvalue weighted by Gasteiger charge is 2.47. The normalized spacial score (nSPS) is 15.0. The second-order valence-corrected chi connectivity index (χ2v) is 6.06. The Balaban J connectivity index is 5.29. The summed E-state index contributed by atoms with van der Waals surface area (Å²) in [6.07, 6.45) is 0.189. The average molecular weight is 274 g/mol. The molecule has 19 heavy (non-hydrogen) atoms. The van der Waals surface area contributed by atoms with E-state index in [1.165, 1.54) is 14.2 Å². The van der Waals surface area contributed by atoms with Crippen molar-refractivity contribution in [1.29, 1.82) is 0 Å². The Hall–Kier alpha value is -1.14. The molecule has 0 aromatic rings. The molecule has 0 fully saturated rings. The van der Waals surface area contributed by atoms with Gasteiger partial charge in [-0.25, -0.2) is 9.86 Å². The van der Waals surface area contributed by atoms with Crippen molar-refractivity contribution in [3.05, 3.63) is 0 Å². The molecule has 1 atom stereocenters. The number of nitrogens with zero attached hydrogens (tertiary/aromatic N) is 1. The summed E-state index contributed by atoms with van der Waals surface area (Å²) in [5.41, 5.74) is 3.59. The van der Waals surface area contributed by atoms with Crippen LogP contribution in [0.5, 0.6) is 0 Å². The lowest BCUT2D eigenvalue weighted by molar-refractivity contribution is -0.185. The predicted octanol–water partition coefficient (Wildman–Crippen LogP) is 1.09. The molecular weight excluding hydrogens is 248 g/mol. The summed E-state index contributed by atoms with van der Waals surface area (Å²) >= 11 is 0. The van der Waals surface area contributed by atoms with Gasteiger partial charge in [-0.15, -0.1) is 0 Å². The number of rotatable bonds is 5. The van der Waals surface area contributed by atoms with Gasteiger partial charge in [0.1, 0.15) is 5.60 Å². The van der Waals surface area contributed by atoms with Crippen molar-refractivity contribution < 1.29 is 19.2 Å². The van der Waals surface area contributed by atoms with Crippen LogP contribution in [-0.4, -0.2) is 42.2 Å². The summed E-state index contributed by atoms with van der Waals surface area (Å²) in [7, 11) is 2.75. The zero-order valence-corrected chi connectivity index (χ0v) is 12.9. The first-order valence-electron chi connectivity index (χ1n) is 6.28. The Kier molecular flexibility index (Phi) is 5.96. The van der Waals surface area contributed by atoms with E-state index in [0.717, 1.165) is 5.06 Å². The minimum atomic E-state index is -1.73. The fourth-order valence-electron chi connectivity index (χ4n) is 1.63. The summed E-state index contributed by atoms with van der Waals surface area (Å²) < 4.78 is 5.25. The quantitative estimate of drug-likeness (QED) is 0.461. The fraction of sp³-hybridized carbons (Fsp3) is 0.846. The largest absolute Gasteiger partial charge is 0.458 e. The highest BCUT2D eigenvalue weighted by atomic mass is 16.7. The molecule has 6 nitrogen and oxygen atoms in total. The van der Waals surface area contributed by atoms with Gasteiger partial charge in [0, 0.05) is 7.05 Å². The molecule has 0 aliphatic rings. The minimum Gasteiger partial charge on any atom is -0.458 e. The highest BCUT2D eigenvalue weighted by molar-refractivity contribution is 6.06. The number of likely N-dealkylation sites (N-methyl/N-ethyl adjacent to an activating group) is 1. The molecule has 0 saturated carbocycles. The van der Waals surface area contributed by atoms with E-state index in [0.29, 0.717) is 0 Å². The van der Waals surface area contributed by atoms with Gasteiger partial charge in [-0.3, -0.25) is 9.63 Å². The van der Waals surface area contributed by atoms with Crippen LogP contribution >= 0.6 is 0 Å². The molecule has 0 aromatic carbocycles. The molecular formula is C13H26N2O4. The minimum absolute atomic E-state index is 0.0618. The number of ether oxygens (including phenoxy) is 1. The van der Waals surface area contributed by atoms with E-state index < -0.39 is 23.0 Å². The molecule has 2 N–H and O–H groups in total. The van der Waals surface area contributed by atoms with Crippen molar-refractivity contribution in [2.24, 2.45) is 11.7 Å². The van der Waals surface area contributed by atoms with Gasteiger partial charge < -0.3 is 10.5 Å². The Morgan fingerprint density at radius 1 is 1.26 bits per heavy atom. The van der Waals surface area contributed by atoms with E-state index >= 15 is 0 Å². The van der Waals surface area contributed by atoms with Crippen LogP contribution in [0.2, 0.25) is 0 Å². The third kappa shape index (κ3) is 5.16. The SMILES string of the molecule is CON(C)C(=O)[C@@](N)(CC(C)C)C(=O)OC(C)(C)C. The van der Waals surface area contributed by atoms with Gasteiger partial charge in [-0.05, 0) is 33.1 Å². The number of esters is 1.